The van der Waals surface area contributed by atoms with Crippen LogP contribution in [0.4, 0.5) is 0 Å². The average Bonchev–Trinajstić information content (AvgIpc) is 2.33. The summed E-state index contributed by atoms with van der Waals surface area (Å²) in [6.07, 6.45) is 8.86. The molecule has 2 N–H and O–H groups in total. The molecule has 0 aromatic carbocycles. The van der Waals surface area contributed by atoms with Gasteiger partial charge in [-0.2, -0.15) is 0 Å². The second-order valence-electron chi connectivity index (χ2n) is 5.89. The molecule has 22 heavy (non-hydrogen) atoms. The molecule has 0 fully saturated rings. The smallest absolute Gasteiger partial charge is 0.254 e. The van der Waals surface area contributed by atoms with Gasteiger partial charge in [0.15, 0.2) is 19.7 Å². The van der Waals surface area contributed by atoms with Crippen LogP contribution >= 0.6 is 0 Å². The van der Waals surface area contributed by atoms with E-state index in [1.807, 2.05) is 0 Å². The molecule has 0 aromatic rings. The van der Waals surface area contributed by atoms with E-state index in [1.54, 1.807) is 0 Å². The number of hydrogen-bond donors (Lipinski definition) is 1. The Morgan fingerprint density at radius 2 is 1.18 bits per heavy atom. The highest BCUT2D eigenvalue weighted by atomic mass is 32.3. The molecule has 0 aromatic heterocycles. The van der Waals surface area contributed by atoms with Crippen molar-refractivity contribution < 1.29 is 21.6 Å². The highest BCUT2D eigenvalue weighted by molar-refractivity contribution is 8.10. The summed E-state index contributed by atoms with van der Waals surface area (Å²) < 4.78 is 45.1. The van der Waals surface area contributed by atoms with Gasteiger partial charge in [-0.05, 0) is 6.42 Å². The quantitative estimate of drug-likeness (QED) is 0.536. The van der Waals surface area contributed by atoms with E-state index in [2.05, 4.69) is 6.92 Å². The summed E-state index contributed by atoms with van der Waals surface area (Å²) >= 11 is 0. The fourth-order valence-corrected chi connectivity index (χ4v) is 6.59. The van der Waals surface area contributed by atoms with Gasteiger partial charge in [0.1, 0.15) is 0 Å². The van der Waals surface area contributed by atoms with Crippen LogP contribution in [0.2, 0.25) is 0 Å². The molecule has 0 saturated heterocycles. The van der Waals surface area contributed by atoms with E-state index in [-0.39, 0.29) is 6.42 Å². The maximum absolute atomic E-state index is 11.9. The molecule has 0 unspecified atom stereocenters. The van der Waals surface area contributed by atoms with Crippen molar-refractivity contribution in [2.45, 2.75) is 68.8 Å². The van der Waals surface area contributed by atoms with Gasteiger partial charge in [0, 0.05) is 12.5 Å². The third kappa shape index (κ3) is 5.53. The van der Waals surface area contributed by atoms with Crippen LogP contribution in [0.15, 0.2) is 0 Å². The Balaban J connectivity index is 4.69. The Morgan fingerprint density at radius 3 is 1.50 bits per heavy atom. The largest absolute Gasteiger partial charge is 0.367 e. The van der Waals surface area contributed by atoms with Crippen molar-refractivity contribution in [2.75, 3.05) is 12.5 Å². The van der Waals surface area contributed by atoms with Gasteiger partial charge in [-0.3, -0.25) is 4.79 Å². The Bertz CT molecular complexity index is 520. The molecular formula is C14H29NO5S2. The maximum Gasteiger partial charge on any atom is 0.254 e. The highest BCUT2D eigenvalue weighted by Gasteiger charge is 2.55. The number of unbranched alkanes of at least 4 members (excludes halogenated alkanes) is 7. The number of rotatable bonds is 12. The molecule has 0 aliphatic heterocycles. The van der Waals surface area contributed by atoms with Gasteiger partial charge in [0.25, 0.3) is 5.91 Å². The molecule has 0 aliphatic carbocycles. The van der Waals surface area contributed by atoms with Crippen molar-refractivity contribution in [1.82, 2.24) is 0 Å². The van der Waals surface area contributed by atoms with E-state index >= 15 is 0 Å². The van der Waals surface area contributed by atoms with E-state index in [1.165, 1.54) is 19.3 Å². The van der Waals surface area contributed by atoms with E-state index < -0.39 is 29.7 Å². The zero-order chi connectivity index (χ0) is 17.4. The fraction of sp³-hybridized carbons (Fsp3) is 0.929. The molecular weight excluding hydrogens is 326 g/mol. The lowest BCUT2D eigenvalue weighted by molar-refractivity contribution is -0.118. The highest BCUT2D eigenvalue weighted by Crippen LogP contribution is 2.30. The van der Waals surface area contributed by atoms with Gasteiger partial charge >= 0.3 is 0 Å². The minimum atomic E-state index is -4.15. The molecule has 0 atom stereocenters. The van der Waals surface area contributed by atoms with E-state index in [0.717, 1.165) is 31.8 Å². The van der Waals surface area contributed by atoms with E-state index in [4.69, 9.17) is 5.73 Å². The molecule has 0 rings (SSSR count). The summed E-state index contributed by atoms with van der Waals surface area (Å²) in [6.45, 7) is 2.14. The minimum Gasteiger partial charge on any atom is -0.367 e. The normalized spacial score (nSPS) is 13.2. The summed E-state index contributed by atoms with van der Waals surface area (Å²) in [5.41, 5.74) is 5.14. The Kier molecular flexibility index (Phi) is 8.61. The molecule has 1 amide bonds. The summed E-state index contributed by atoms with van der Waals surface area (Å²) in [4.78, 5) is 11.6. The molecule has 0 bridgehead atoms. The molecule has 0 heterocycles. The molecule has 0 saturated carbocycles. The third-order valence-electron chi connectivity index (χ3n) is 3.93. The van der Waals surface area contributed by atoms with Gasteiger partial charge < -0.3 is 5.73 Å². The predicted molar refractivity (Wildman–Crippen MR) is 88.8 cm³/mol. The standard InChI is InChI=1S/C14H29NO5S2/c1-4-5-6-7-8-9-10-11-12-14(13(15)16,21(2,17)18)22(3,19)20/h4-12H2,1-3H3,(H2,15,16). The number of hydrogen-bond acceptors (Lipinski definition) is 5. The number of primary amides is 1. The van der Waals surface area contributed by atoms with Gasteiger partial charge in [-0.25, -0.2) is 16.8 Å². The second-order valence-corrected chi connectivity index (χ2v) is 10.6. The summed E-state index contributed by atoms with van der Waals surface area (Å²) in [6, 6.07) is 0. The minimum absolute atomic E-state index is 0.269. The van der Waals surface area contributed by atoms with Crippen LogP contribution in [0, 0.1) is 0 Å². The van der Waals surface area contributed by atoms with Crippen LogP contribution < -0.4 is 5.73 Å². The van der Waals surface area contributed by atoms with Crippen molar-refractivity contribution >= 4 is 25.6 Å². The van der Waals surface area contributed by atoms with Crippen LogP contribution in [-0.4, -0.2) is 39.3 Å². The van der Waals surface area contributed by atoms with Gasteiger partial charge in [0.05, 0.1) is 0 Å². The lowest BCUT2D eigenvalue weighted by Gasteiger charge is -2.26. The fourth-order valence-electron chi connectivity index (χ4n) is 2.63. The van der Waals surface area contributed by atoms with Crippen molar-refractivity contribution in [3.63, 3.8) is 0 Å². The summed E-state index contributed by atoms with van der Waals surface area (Å²) in [7, 11) is -8.30. The predicted octanol–water partition coefficient (Wildman–Crippen LogP) is 1.79. The number of sulfone groups is 2. The lowest BCUT2D eigenvalue weighted by Crippen LogP contribution is -2.55. The molecule has 132 valence electrons. The van der Waals surface area contributed by atoms with Crippen LogP contribution in [0.25, 0.3) is 0 Å². The Hall–Kier alpha value is -0.630. The van der Waals surface area contributed by atoms with Crippen LogP contribution in [0.5, 0.6) is 0 Å². The first kappa shape index (κ1) is 21.4. The first-order valence-corrected chi connectivity index (χ1v) is 11.5. The van der Waals surface area contributed by atoms with Crippen LogP contribution in [-0.2, 0) is 24.5 Å². The third-order valence-corrected chi connectivity index (χ3v) is 8.96. The van der Waals surface area contributed by atoms with Crippen molar-refractivity contribution in [3.8, 4) is 0 Å². The molecule has 0 radical (unpaired) electrons. The molecule has 6 nitrogen and oxygen atoms in total. The number of nitrogens with two attached hydrogens (primary N) is 1. The molecule has 0 spiro atoms. The summed E-state index contributed by atoms with van der Waals surface area (Å²) in [5, 5.41) is 0. The first-order chi connectivity index (χ1) is 10.0. The van der Waals surface area contributed by atoms with Gasteiger partial charge in [0.2, 0.25) is 4.08 Å². The van der Waals surface area contributed by atoms with Crippen molar-refractivity contribution in [3.05, 3.63) is 0 Å². The van der Waals surface area contributed by atoms with Gasteiger partial charge in [-0.1, -0.05) is 58.3 Å². The topological polar surface area (TPSA) is 111 Å². The van der Waals surface area contributed by atoms with Gasteiger partial charge in [-0.15, -0.1) is 0 Å². The first-order valence-electron chi connectivity index (χ1n) is 7.69. The van der Waals surface area contributed by atoms with Crippen LogP contribution in [0.1, 0.15) is 64.7 Å². The van der Waals surface area contributed by atoms with Crippen molar-refractivity contribution in [2.24, 2.45) is 5.73 Å². The lowest BCUT2D eigenvalue weighted by atomic mass is 10.1. The number of carbonyl (C=O) groups is 1. The van der Waals surface area contributed by atoms with E-state index in [9.17, 15) is 21.6 Å². The van der Waals surface area contributed by atoms with Crippen LogP contribution in [0.3, 0.4) is 0 Å². The maximum atomic E-state index is 11.9. The number of carbonyl (C=O) groups excluding carboxylic acids is 1. The SMILES string of the molecule is CCCCCCCCCCC(C(N)=O)(S(C)(=O)=O)S(C)(=O)=O. The zero-order valence-electron chi connectivity index (χ0n) is 13.8. The second kappa shape index (κ2) is 8.86. The monoisotopic (exact) mass is 355 g/mol. The zero-order valence-corrected chi connectivity index (χ0v) is 15.4. The molecule has 0 aliphatic rings. The van der Waals surface area contributed by atoms with E-state index in [0.29, 0.717) is 12.8 Å². The average molecular weight is 356 g/mol. The van der Waals surface area contributed by atoms with Crippen molar-refractivity contribution in [1.29, 1.82) is 0 Å². The molecule has 8 heteroatoms. The number of amides is 1. The summed E-state index contributed by atoms with van der Waals surface area (Å²) in [5.74, 6) is -1.31. The Morgan fingerprint density at radius 1 is 0.818 bits per heavy atom. The Labute approximate surface area is 134 Å².